The zero-order valence-corrected chi connectivity index (χ0v) is 11.6. The molecule has 0 aliphatic carbocycles. The third-order valence-electron chi connectivity index (χ3n) is 3.93. The molecule has 0 fully saturated rings. The van der Waals surface area contributed by atoms with Crippen LogP contribution in [0.1, 0.15) is 43.9 Å². The lowest BCUT2D eigenvalue weighted by atomic mass is 9.90. The van der Waals surface area contributed by atoms with E-state index in [1.807, 2.05) is 0 Å². The van der Waals surface area contributed by atoms with Gasteiger partial charge in [0.2, 0.25) is 0 Å². The van der Waals surface area contributed by atoms with E-state index >= 15 is 0 Å². The summed E-state index contributed by atoms with van der Waals surface area (Å²) in [7, 11) is 0. The van der Waals surface area contributed by atoms with Gasteiger partial charge in [0, 0.05) is 6.04 Å². The second kappa shape index (κ2) is 5.53. The number of rotatable bonds is 4. The molecule has 0 heterocycles. The predicted molar refractivity (Wildman–Crippen MR) is 79.7 cm³/mol. The van der Waals surface area contributed by atoms with Gasteiger partial charge in [-0.1, -0.05) is 56.7 Å². The standard InChI is InChI=1S/C17H23N/c1-4-12(2)11-17(18)16-10-9-13(3)14-7-5-6-8-15(14)16/h5-10,12,17H,4,11,18H2,1-3H3. The van der Waals surface area contributed by atoms with E-state index in [9.17, 15) is 0 Å². The lowest BCUT2D eigenvalue weighted by molar-refractivity contribution is 0.463. The fourth-order valence-corrected chi connectivity index (χ4v) is 2.52. The van der Waals surface area contributed by atoms with Crippen molar-refractivity contribution in [3.63, 3.8) is 0 Å². The van der Waals surface area contributed by atoms with Crippen LogP contribution in [-0.4, -0.2) is 0 Å². The molecule has 2 rings (SSSR count). The van der Waals surface area contributed by atoms with Gasteiger partial charge in [0.15, 0.2) is 0 Å². The van der Waals surface area contributed by atoms with Gasteiger partial charge in [0.25, 0.3) is 0 Å². The van der Waals surface area contributed by atoms with Crippen LogP contribution in [0.3, 0.4) is 0 Å². The Morgan fingerprint density at radius 2 is 1.72 bits per heavy atom. The van der Waals surface area contributed by atoms with Crippen molar-refractivity contribution in [3.8, 4) is 0 Å². The van der Waals surface area contributed by atoms with E-state index in [2.05, 4.69) is 57.2 Å². The molecule has 1 heteroatoms. The SMILES string of the molecule is CCC(C)CC(N)c1ccc(C)c2ccccc12. The van der Waals surface area contributed by atoms with Crippen LogP contribution in [0.2, 0.25) is 0 Å². The molecule has 0 aliphatic heterocycles. The summed E-state index contributed by atoms with van der Waals surface area (Å²) in [5, 5.41) is 2.64. The monoisotopic (exact) mass is 241 g/mol. The Labute approximate surface area is 110 Å². The van der Waals surface area contributed by atoms with E-state index in [1.165, 1.54) is 28.3 Å². The summed E-state index contributed by atoms with van der Waals surface area (Å²) in [5.74, 6) is 0.681. The van der Waals surface area contributed by atoms with Crippen LogP contribution in [0.15, 0.2) is 36.4 Å². The number of benzene rings is 2. The zero-order chi connectivity index (χ0) is 13.1. The molecule has 0 bridgehead atoms. The van der Waals surface area contributed by atoms with Gasteiger partial charge in [0.05, 0.1) is 0 Å². The van der Waals surface area contributed by atoms with Gasteiger partial charge in [-0.15, -0.1) is 0 Å². The van der Waals surface area contributed by atoms with Gasteiger partial charge in [-0.2, -0.15) is 0 Å². The van der Waals surface area contributed by atoms with Crippen LogP contribution >= 0.6 is 0 Å². The summed E-state index contributed by atoms with van der Waals surface area (Å²) >= 11 is 0. The molecule has 0 aromatic heterocycles. The predicted octanol–water partition coefficient (Wildman–Crippen LogP) is 4.58. The summed E-state index contributed by atoms with van der Waals surface area (Å²) in [6.45, 7) is 6.66. The number of hydrogen-bond donors (Lipinski definition) is 1. The largest absolute Gasteiger partial charge is 0.324 e. The first-order chi connectivity index (χ1) is 8.63. The average molecular weight is 241 g/mol. The maximum atomic E-state index is 6.39. The van der Waals surface area contributed by atoms with E-state index in [-0.39, 0.29) is 6.04 Å². The fourth-order valence-electron chi connectivity index (χ4n) is 2.52. The van der Waals surface area contributed by atoms with E-state index in [0.29, 0.717) is 5.92 Å². The van der Waals surface area contributed by atoms with Gasteiger partial charge in [-0.05, 0) is 41.2 Å². The molecule has 0 saturated carbocycles. The number of nitrogens with two attached hydrogens (primary N) is 1. The van der Waals surface area contributed by atoms with Crippen molar-refractivity contribution in [2.24, 2.45) is 11.7 Å². The Kier molecular flexibility index (Phi) is 4.03. The highest BCUT2D eigenvalue weighted by Crippen LogP contribution is 2.29. The summed E-state index contributed by atoms with van der Waals surface area (Å²) in [4.78, 5) is 0. The van der Waals surface area contributed by atoms with Crippen molar-refractivity contribution >= 4 is 10.8 Å². The Bertz CT molecular complexity index is 530. The van der Waals surface area contributed by atoms with Crippen molar-refractivity contribution < 1.29 is 0 Å². The van der Waals surface area contributed by atoms with Gasteiger partial charge >= 0.3 is 0 Å². The van der Waals surface area contributed by atoms with E-state index < -0.39 is 0 Å². The van der Waals surface area contributed by atoms with E-state index in [4.69, 9.17) is 5.73 Å². The van der Waals surface area contributed by atoms with Crippen LogP contribution in [-0.2, 0) is 0 Å². The van der Waals surface area contributed by atoms with Crippen molar-refractivity contribution in [1.29, 1.82) is 0 Å². The zero-order valence-electron chi connectivity index (χ0n) is 11.6. The van der Waals surface area contributed by atoms with Crippen LogP contribution in [0.4, 0.5) is 0 Å². The topological polar surface area (TPSA) is 26.0 Å². The maximum absolute atomic E-state index is 6.39. The molecule has 2 N–H and O–H groups in total. The average Bonchev–Trinajstić information content (AvgIpc) is 2.39. The minimum absolute atomic E-state index is 0.144. The van der Waals surface area contributed by atoms with Gasteiger partial charge in [0.1, 0.15) is 0 Å². The summed E-state index contributed by atoms with van der Waals surface area (Å²) in [5.41, 5.74) is 9.00. The number of hydrogen-bond acceptors (Lipinski definition) is 1. The van der Waals surface area contributed by atoms with Gasteiger partial charge < -0.3 is 5.73 Å². The third-order valence-corrected chi connectivity index (χ3v) is 3.93. The Morgan fingerprint density at radius 3 is 2.39 bits per heavy atom. The minimum Gasteiger partial charge on any atom is -0.324 e. The lowest BCUT2D eigenvalue weighted by Crippen LogP contribution is -2.14. The first-order valence-electron chi connectivity index (χ1n) is 6.87. The minimum atomic E-state index is 0.144. The molecule has 2 aromatic carbocycles. The first kappa shape index (κ1) is 13.1. The number of fused-ring (bicyclic) bond motifs is 1. The highest BCUT2D eigenvalue weighted by molar-refractivity contribution is 5.88. The van der Waals surface area contributed by atoms with Crippen molar-refractivity contribution in [3.05, 3.63) is 47.5 Å². The highest BCUT2D eigenvalue weighted by atomic mass is 14.6. The van der Waals surface area contributed by atoms with Gasteiger partial charge in [-0.25, -0.2) is 0 Å². The Hall–Kier alpha value is -1.34. The molecule has 2 atom stereocenters. The molecule has 0 aliphatic rings. The van der Waals surface area contributed by atoms with Crippen molar-refractivity contribution in [2.75, 3.05) is 0 Å². The summed E-state index contributed by atoms with van der Waals surface area (Å²) in [6.07, 6.45) is 2.25. The van der Waals surface area contributed by atoms with E-state index in [1.54, 1.807) is 0 Å². The van der Waals surface area contributed by atoms with Crippen molar-refractivity contribution in [2.45, 2.75) is 39.7 Å². The quantitative estimate of drug-likeness (QED) is 0.832. The Balaban J connectivity index is 2.42. The summed E-state index contributed by atoms with van der Waals surface area (Å²) in [6, 6.07) is 13.1. The summed E-state index contributed by atoms with van der Waals surface area (Å²) < 4.78 is 0. The molecule has 2 aromatic rings. The molecule has 0 spiro atoms. The molecule has 18 heavy (non-hydrogen) atoms. The number of aryl methyl sites for hydroxylation is 1. The van der Waals surface area contributed by atoms with E-state index in [0.717, 1.165) is 6.42 Å². The van der Waals surface area contributed by atoms with Crippen molar-refractivity contribution in [1.82, 2.24) is 0 Å². The van der Waals surface area contributed by atoms with Gasteiger partial charge in [-0.3, -0.25) is 0 Å². The second-order valence-electron chi connectivity index (χ2n) is 5.37. The third kappa shape index (κ3) is 2.56. The molecule has 0 amide bonds. The van der Waals surface area contributed by atoms with Crippen LogP contribution in [0.5, 0.6) is 0 Å². The molecular formula is C17H23N. The first-order valence-corrected chi connectivity index (χ1v) is 6.87. The van der Waals surface area contributed by atoms with Crippen LogP contribution in [0, 0.1) is 12.8 Å². The maximum Gasteiger partial charge on any atom is 0.0303 e. The molecule has 1 nitrogen and oxygen atoms in total. The molecular weight excluding hydrogens is 218 g/mol. The molecule has 2 unspecified atom stereocenters. The lowest BCUT2D eigenvalue weighted by Gasteiger charge is -2.19. The normalized spacial score (nSPS) is 14.7. The molecule has 96 valence electrons. The fraction of sp³-hybridized carbons (Fsp3) is 0.412. The highest BCUT2D eigenvalue weighted by Gasteiger charge is 2.13. The van der Waals surface area contributed by atoms with Crippen LogP contribution < -0.4 is 5.73 Å². The second-order valence-corrected chi connectivity index (χ2v) is 5.37. The molecule has 0 saturated heterocycles. The smallest absolute Gasteiger partial charge is 0.0303 e. The molecule has 0 radical (unpaired) electrons. The van der Waals surface area contributed by atoms with Crippen LogP contribution in [0.25, 0.3) is 10.8 Å². The Morgan fingerprint density at radius 1 is 1.06 bits per heavy atom.